The standard InChI is InChI=1S/C12H27NO/c1-4-7-9-10-12(13-6-3)14-11-8-5-2/h12-13H,4-11H2,1-3H3. The van der Waals surface area contributed by atoms with Crippen LogP contribution in [0.2, 0.25) is 0 Å². The molecule has 0 aromatic rings. The molecule has 1 N–H and O–H groups in total. The van der Waals surface area contributed by atoms with Crippen molar-refractivity contribution in [1.29, 1.82) is 0 Å². The molecule has 1 atom stereocenters. The van der Waals surface area contributed by atoms with Crippen molar-refractivity contribution in [3.8, 4) is 0 Å². The van der Waals surface area contributed by atoms with Crippen molar-refractivity contribution < 1.29 is 4.74 Å². The van der Waals surface area contributed by atoms with Crippen molar-refractivity contribution in [2.45, 2.75) is 65.5 Å². The van der Waals surface area contributed by atoms with E-state index in [0.717, 1.165) is 19.6 Å². The van der Waals surface area contributed by atoms with Crippen molar-refractivity contribution in [3.05, 3.63) is 0 Å². The Morgan fingerprint density at radius 3 is 2.29 bits per heavy atom. The van der Waals surface area contributed by atoms with E-state index in [1.165, 1.54) is 32.1 Å². The molecule has 0 saturated heterocycles. The van der Waals surface area contributed by atoms with E-state index in [1.54, 1.807) is 0 Å². The molecule has 0 radical (unpaired) electrons. The first-order chi connectivity index (χ1) is 6.85. The molecular weight excluding hydrogens is 174 g/mol. The molecule has 0 aliphatic heterocycles. The molecule has 0 aromatic heterocycles. The SMILES string of the molecule is CCCCCC(NCC)OCCCC. The molecule has 0 amide bonds. The molecule has 1 unspecified atom stereocenters. The summed E-state index contributed by atoms with van der Waals surface area (Å²) in [5.74, 6) is 0. The van der Waals surface area contributed by atoms with E-state index in [2.05, 4.69) is 26.1 Å². The van der Waals surface area contributed by atoms with Gasteiger partial charge in [0.2, 0.25) is 0 Å². The van der Waals surface area contributed by atoms with Gasteiger partial charge in [0.1, 0.15) is 6.23 Å². The molecule has 0 saturated carbocycles. The molecule has 0 aromatic carbocycles. The van der Waals surface area contributed by atoms with E-state index in [1.807, 2.05) is 0 Å². The average molecular weight is 201 g/mol. The molecule has 0 bridgehead atoms. The Hall–Kier alpha value is -0.0800. The van der Waals surface area contributed by atoms with Gasteiger partial charge in [-0.15, -0.1) is 0 Å². The minimum atomic E-state index is 0.290. The van der Waals surface area contributed by atoms with Gasteiger partial charge in [0, 0.05) is 6.61 Å². The first-order valence-electron chi connectivity index (χ1n) is 6.20. The van der Waals surface area contributed by atoms with Gasteiger partial charge in [-0.2, -0.15) is 0 Å². The highest BCUT2D eigenvalue weighted by molar-refractivity contribution is 4.55. The number of rotatable bonds is 10. The zero-order valence-electron chi connectivity index (χ0n) is 10.1. The monoisotopic (exact) mass is 201 g/mol. The minimum Gasteiger partial charge on any atom is -0.363 e. The molecule has 0 fully saturated rings. The fourth-order valence-electron chi connectivity index (χ4n) is 1.42. The number of ether oxygens (including phenoxy) is 1. The molecule has 0 aliphatic rings. The van der Waals surface area contributed by atoms with Crippen LogP contribution in [0.3, 0.4) is 0 Å². The minimum absolute atomic E-state index is 0.290. The second kappa shape index (κ2) is 11.0. The van der Waals surface area contributed by atoms with Crippen LogP contribution in [0, 0.1) is 0 Å². The predicted molar refractivity (Wildman–Crippen MR) is 62.5 cm³/mol. The van der Waals surface area contributed by atoms with Crippen molar-refractivity contribution >= 4 is 0 Å². The van der Waals surface area contributed by atoms with Gasteiger partial charge in [-0.25, -0.2) is 0 Å². The van der Waals surface area contributed by atoms with Crippen molar-refractivity contribution in [1.82, 2.24) is 5.32 Å². The van der Waals surface area contributed by atoms with Gasteiger partial charge < -0.3 is 4.74 Å². The van der Waals surface area contributed by atoms with Crippen LogP contribution in [0.25, 0.3) is 0 Å². The van der Waals surface area contributed by atoms with Crippen LogP contribution in [-0.2, 0) is 4.74 Å². The van der Waals surface area contributed by atoms with E-state index >= 15 is 0 Å². The summed E-state index contributed by atoms with van der Waals surface area (Å²) in [4.78, 5) is 0. The third kappa shape index (κ3) is 8.52. The van der Waals surface area contributed by atoms with Gasteiger partial charge in [0.25, 0.3) is 0 Å². The van der Waals surface area contributed by atoms with Crippen LogP contribution in [0.1, 0.15) is 59.3 Å². The molecule has 2 nitrogen and oxygen atoms in total. The summed E-state index contributed by atoms with van der Waals surface area (Å²) in [6, 6.07) is 0. The van der Waals surface area contributed by atoms with E-state index in [9.17, 15) is 0 Å². The van der Waals surface area contributed by atoms with Crippen LogP contribution in [0.5, 0.6) is 0 Å². The summed E-state index contributed by atoms with van der Waals surface area (Å²) in [6.45, 7) is 8.47. The lowest BCUT2D eigenvalue weighted by atomic mass is 10.2. The second-order valence-corrected chi connectivity index (χ2v) is 3.77. The molecule has 86 valence electrons. The fraction of sp³-hybridized carbons (Fsp3) is 1.00. The first kappa shape index (κ1) is 13.9. The van der Waals surface area contributed by atoms with E-state index in [-0.39, 0.29) is 6.23 Å². The van der Waals surface area contributed by atoms with Crippen LogP contribution in [0.4, 0.5) is 0 Å². The highest BCUT2D eigenvalue weighted by atomic mass is 16.5. The summed E-state index contributed by atoms with van der Waals surface area (Å²) in [6.07, 6.45) is 7.72. The van der Waals surface area contributed by atoms with Crippen molar-refractivity contribution in [2.24, 2.45) is 0 Å². The number of nitrogens with one attached hydrogen (secondary N) is 1. The highest BCUT2D eigenvalue weighted by Crippen LogP contribution is 2.05. The van der Waals surface area contributed by atoms with Crippen molar-refractivity contribution in [2.75, 3.05) is 13.2 Å². The smallest absolute Gasteiger partial charge is 0.108 e. The predicted octanol–water partition coefficient (Wildman–Crippen LogP) is 3.32. The Morgan fingerprint density at radius 1 is 1.00 bits per heavy atom. The molecule has 0 heterocycles. The largest absolute Gasteiger partial charge is 0.363 e. The summed E-state index contributed by atoms with van der Waals surface area (Å²) in [7, 11) is 0. The Bertz CT molecular complexity index is 96.5. The van der Waals surface area contributed by atoms with Gasteiger partial charge in [0.15, 0.2) is 0 Å². The van der Waals surface area contributed by atoms with Gasteiger partial charge in [-0.1, -0.05) is 40.0 Å². The van der Waals surface area contributed by atoms with E-state index < -0.39 is 0 Å². The first-order valence-corrected chi connectivity index (χ1v) is 6.20. The molecule has 0 rings (SSSR count). The summed E-state index contributed by atoms with van der Waals surface area (Å²) >= 11 is 0. The molecule has 0 spiro atoms. The second-order valence-electron chi connectivity index (χ2n) is 3.77. The van der Waals surface area contributed by atoms with Crippen molar-refractivity contribution in [3.63, 3.8) is 0 Å². The molecule has 0 aliphatic carbocycles. The number of hydrogen-bond donors (Lipinski definition) is 1. The number of hydrogen-bond acceptors (Lipinski definition) is 2. The topological polar surface area (TPSA) is 21.3 Å². The molecular formula is C12H27NO. The zero-order chi connectivity index (χ0) is 10.6. The maximum absolute atomic E-state index is 5.76. The van der Waals surface area contributed by atoms with Crippen LogP contribution in [-0.4, -0.2) is 19.4 Å². The lowest BCUT2D eigenvalue weighted by Gasteiger charge is -2.18. The lowest BCUT2D eigenvalue weighted by Crippen LogP contribution is -2.31. The lowest BCUT2D eigenvalue weighted by molar-refractivity contribution is 0.0221. The number of unbranched alkanes of at least 4 members (excludes halogenated alkanes) is 3. The summed E-state index contributed by atoms with van der Waals surface area (Å²) in [5, 5.41) is 3.38. The maximum Gasteiger partial charge on any atom is 0.108 e. The van der Waals surface area contributed by atoms with E-state index in [0.29, 0.717) is 0 Å². The maximum atomic E-state index is 5.76. The zero-order valence-corrected chi connectivity index (χ0v) is 10.1. The average Bonchev–Trinajstić information content (AvgIpc) is 2.18. The van der Waals surface area contributed by atoms with Gasteiger partial charge in [0.05, 0.1) is 0 Å². The summed E-state index contributed by atoms with van der Waals surface area (Å²) in [5.41, 5.74) is 0. The van der Waals surface area contributed by atoms with Crippen LogP contribution < -0.4 is 5.32 Å². The van der Waals surface area contributed by atoms with Gasteiger partial charge >= 0.3 is 0 Å². The van der Waals surface area contributed by atoms with Crippen LogP contribution >= 0.6 is 0 Å². The molecule has 2 heteroatoms. The fourth-order valence-corrected chi connectivity index (χ4v) is 1.42. The third-order valence-electron chi connectivity index (χ3n) is 2.32. The summed E-state index contributed by atoms with van der Waals surface area (Å²) < 4.78 is 5.76. The molecule has 14 heavy (non-hydrogen) atoms. The Morgan fingerprint density at radius 2 is 1.71 bits per heavy atom. The van der Waals surface area contributed by atoms with E-state index in [4.69, 9.17) is 4.74 Å². The van der Waals surface area contributed by atoms with Crippen LogP contribution in [0.15, 0.2) is 0 Å². The quantitative estimate of drug-likeness (QED) is 0.432. The van der Waals surface area contributed by atoms with Gasteiger partial charge in [-0.3, -0.25) is 5.32 Å². The normalized spacial score (nSPS) is 13.1. The van der Waals surface area contributed by atoms with Gasteiger partial charge in [-0.05, 0) is 25.8 Å². The Kier molecular flexibility index (Phi) is 10.9. The highest BCUT2D eigenvalue weighted by Gasteiger charge is 2.05. The Balaban J connectivity index is 3.44. The third-order valence-corrected chi connectivity index (χ3v) is 2.32. The Labute approximate surface area is 89.4 Å².